The van der Waals surface area contributed by atoms with Crippen LogP contribution in [0.3, 0.4) is 0 Å². The van der Waals surface area contributed by atoms with Crippen molar-refractivity contribution < 1.29 is 14.7 Å². The molecule has 2 rings (SSSR count). The van der Waals surface area contributed by atoms with E-state index in [1.54, 1.807) is 0 Å². The van der Waals surface area contributed by atoms with Crippen molar-refractivity contribution in [2.24, 2.45) is 5.41 Å². The van der Waals surface area contributed by atoms with Crippen molar-refractivity contribution in [2.45, 2.75) is 46.1 Å². The summed E-state index contributed by atoms with van der Waals surface area (Å²) in [6.07, 6.45) is 2.01. The second-order valence-electron chi connectivity index (χ2n) is 5.23. The molecule has 1 aromatic rings. The maximum Gasteiger partial charge on any atom is 0.319 e. The van der Waals surface area contributed by atoms with Gasteiger partial charge < -0.3 is 10.4 Å². The van der Waals surface area contributed by atoms with Gasteiger partial charge in [-0.1, -0.05) is 13.8 Å². The minimum Gasteiger partial charge on any atom is -0.480 e. The zero-order valence-corrected chi connectivity index (χ0v) is 12.2. The van der Waals surface area contributed by atoms with Gasteiger partial charge in [0.05, 0.1) is 5.69 Å². The van der Waals surface area contributed by atoms with Gasteiger partial charge in [-0.2, -0.15) is 5.10 Å². The van der Waals surface area contributed by atoms with E-state index >= 15 is 0 Å². The molecule has 1 saturated carbocycles. The molecule has 0 unspecified atom stereocenters. The Balaban J connectivity index is 2.19. The highest BCUT2D eigenvalue weighted by Crippen LogP contribution is 2.46. The van der Waals surface area contributed by atoms with Crippen molar-refractivity contribution in [1.82, 2.24) is 15.5 Å². The molecule has 0 spiro atoms. The molecule has 3 N–H and O–H groups in total. The number of H-pyrrole nitrogens is 1. The lowest BCUT2D eigenvalue weighted by molar-refractivity contribution is -0.149. The first-order valence-electron chi connectivity index (χ1n) is 7.07. The largest absolute Gasteiger partial charge is 0.480 e. The Kier molecular flexibility index (Phi) is 4.11. The van der Waals surface area contributed by atoms with Crippen LogP contribution in [0.1, 0.15) is 43.5 Å². The molecule has 0 saturated heterocycles. The Morgan fingerprint density at radius 2 is 1.95 bits per heavy atom. The third kappa shape index (κ3) is 2.68. The Morgan fingerprint density at radius 3 is 2.43 bits per heavy atom. The molecule has 0 aliphatic heterocycles. The number of hydrogen-bond acceptors (Lipinski definition) is 4. The van der Waals surface area contributed by atoms with Gasteiger partial charge in [0, 0.05) is 12.1 Å². The maximum absolute atomic E-state index is 12.0. The minimum atomic E-state index is -1.29. The number of aromatic amines is 1. The van der Waals surface area contributed by atoms with Gasteiger partial charge in [-0.05, 0) is 31.2 Å². The van der Waals surface area contributed by atoms with Crippen LogP contribution in [0.4, 0.5) is 0 Å². The highest BCUT2D eigenvalue weighted by molar-refractivity contribution is 6.04. The molecule has 0 bridgehead atoms. The number of carbonyl (C=O) groups is 2. The van der Waals surface area contributed by atoms with Crippen LogP contribution >= 0.6 is 0 Å². The number of carbonyl (C=O) groups excluding carboxylic acids is 1. The zero-order valence-electron chi connectivity index (χ0n) is 12.2. The van der Waals surface area contributed by atoms with Crippen LogP contribution < -0.4 is 10.9 Å². The summed E-state index contributed by atoms with van der Waals surface area (Å²) in [6.45, 7) is 3.88. The molecule has 114 valence electrons. The first kappa shape index (κ1) is 15.2. The first-order valence-corrected chi connectivity index (χ1v) is 7.07. The number of hydrogen-bond donors (Lipinski definition) is 3. The molecule has 1 fully saturated rings. The van der Waals surface area contributed by atoms with E-state index in [-0.39, 0.29) is 12.1 Å². The molecule has 1 aromatic heterocycles. The fourth-order valence-electron chi connectivity index (χ4n) is 2.46. The van der Waals surface area contributed by atoms with Gasteiger partial charge in [0.1, 0.15) is 5.41 Å². The van der Waals surface area contributed by atoms with E-state index in [0.717, 1.165) is 11.3 Å². The van der Waals surface area contributed by atoms with Crippen LogP contribution in [0.2, 0.25) is 0 Å². The number of rotatable bonds is 6. The van der Waals surface area contributed by atoms with E-state index in [4.69, 9.17) is 5.11 Å². The van der Waals surface area contributed by atoms with Crippen molar-refractivity contribution in [3.05, 3.63) is 27.2 Å². The van der Waals surface area contributed by atoms with Crippen molar-refractivity contribution in [3.63, 3.8) is 0 Å². The van der Waals surface area contributed by atoms with E-state index < -0.39 is 17.3 Å². The molecule has 0 atom stereocenters. The molecule has 0 radical (unpaired) electrons. The van der Waals surface area contributed by atoms with Crippen LogP contribution in [0.5, 0.6) is 0 Å². The van der Waals surface area contributed by atoms with Crippen LogP contribution in [0, 0.1) is 5.41 Å². The summed E-state index contributed by atoms with van der Waals surface area (Å²) < 4.78 is 0. The SMILES string of the molecule is CCc1n[nH]c(=O)c(CNC(=O)C2(C(=O)O)CC2)c1CC. The fraction of sp³-hybridized carbons (Fsp3) is 0.571. The zero-order chi connectivity index (χ0) is 15.6. The number of aliphatic carboxylic acids is 1. The number of amides is 1. The number of aryl methyl sites for hydroxylation is 1. The van der Waals surface area contributed by atoms with Crippen LogP contribution in [-0.2, 0) is 29.0 Å². The topological polar surface area (TPSA) is 112 Å². The molecule has 1 aliphatic carbocycles. The second kappa shape index (κ2) is 5.67. The molecule has 7 heteroatoms. The maximum atomic E-state index is 12.0. The Hall–Kier alpha value is -2.18. The van der Waals surface area contributed by atoms with Gasteiger partial charge in [0.25, 0.3) is 5.56 Å². The summed E-state index contributed by atoms with van der Waals surface area (Å²) >= 11 is 0. The molecule has 1 amide bonds. The average Bonchev–Trinajstić information content (AvgIpc) is 3.26. The molecular weight excluding hydrogens is 274 g/mol. The summed E-state index contributed by atoms with van der Waals surface area (Å²) in [5.41, 5.74) is 0.436. The average molecular weight is 293 g/mol. The van der Waals surface area contributed by atoms with E-state index in [0.29, 0.717) is 31.2 Å². The van der Waals surface area contributed by atoms with Gasteiger partial charge in [0.15, 0.2) is 0 Å². The number of carboxylic acid groups (broad SMARTS) is 1. The lowest BCUT2D eigenvalue weighted by Gasteiger charge is -2.13. The van der Waals surface area contributed by atoms with Crippen molar-refractivity contribution in [2.75, 3.05) is 0 Å². The standard InChI is InChI=1S/C14H19N3O4/c1-3-8-9(11(18)17-16-10(8)4-2)7-15-12(19)14(5-6-14)13(20)21/h3-7H2,1-2H3,(H,15,19)(H,17,18)(H,20,21). The smallest absolute Gasteiger partial charge is 0.319 e. The molecule has 1 heterocycles. The Labute approximate surface area is 121 Å². The highest BCUT2D eigenvalue weighted by atomic mass is 16.4. The van der Waals surface area contributed by atoms with Gasteiger partial charge in [-0.15, -0.1) is 0 Å². The lowest BCUT2D eigenvalue weighted by Crippen LogP contribution is -2.38. The third-order valence-electron chi connectivity index (χ3n) is 3.99. The summed E-state index contributed by atoms with van der Waals surface area (Å²) in [5, 5.41) is 18.1. The van der Waals surface area contributed by atoms with Crippen LogP contribution in [-0.4, -0.2) is 27.2 Å². The number of aromatic nitrogens is 2. The molecular formula is C14H19N3O4. The highest BCUT2D eigenvalue weighted by Gasteiger charge is 2.56. The quantitative estimate of drug-likeness (QED) is 0.656. The van der Waals surface area contributed by atoms with Gasteiger partial charge in [0.2, 0.25) is 5.91 Å². The normalized spacial score (nSPS) is 15.5. The Bertz CT molecular complexity index is 632. The number of carboxylic acids is 1. The molecule has 7 nitrogen and oxygen atoms in total. The second-order valence-corrected chi connectivity index (χ2v) is 5.23. The summed E-state index contributed by atoms with van der Waals surface area (Å²) in [7, 11) is 0. The van der Waals surface area contributed by atoms with E-state index in [1.807, 2.05) is 13.8 Å². The van der Waals surface area contributed by atoms with Crippen molar-refractivity contribution in [1.29, 1.82) is 0 Å². The predicted molar refractivity (Wildman–Crippen MR) is 74.8 cm³/mol. The van der Waals surface area contributed by atoms with Gasteiger partial charge in [-0.3, -0.25) is 14.4 Å². The summed E-state index contributed by atoms with van der Waals surface area (Å²) in [4.78, 5) is 35.0. The van der Waals surface area contributed by atoms with E-state index in [2.05, 4.69) is 15.5 Å². The van der Waals surface area contributed by atoms with Crippen molar-refractivity contribution in [3.8, 4) is 0 Å². The van der Waals surface area contributed by atoms with Crippen LogP contribution in [0.25, 0.3) is 0 Å². The molecule has 0 aromatic carbocycles. The van der Waals surface area contributed by atoms with Crippen LogP contribution in [0.15, 0.2) is 4.79 Å². The van der Waals surface area contributed by atoms with Gasteiger partial charge in [-0.25, -0.2) is 5.10 Å². The van der Waals surface area contributed by atoms with E-state index in [1.165, 1.54) is 0 Å². The first-order chi connectivity index (χ1) is 9.96. The predicted octanol–water partition coefficient (Wildman–Crippen LogP) is 0.376. The third-order valence-corrected chi connectivity index (χ3v) is 3.99. The fourth-order valence-corrected chi connectivity index (χ4v) is 2.46. The summed E-state index contributed by atoms with van der Waals surface area (Å²) in [6, 6.07) is 0. The van der Waals surface area contributed by atoms with Gasteiger partial charge >= 0.3 is 5.97 Å². The molecule has 1 aliphatic rings. The monoisotopic (exact) mass is 293 g/mol. The van der Waals surface area contributed by atoms with E-state index in [9.17, 15) is 14.4 Å². The number of nitrogens with zero attached hydrogens (tertiary/aromatic N) is 1. The Morgan fingerprint density at radius 1 is 1.29 bits per heavy atom. The van der Waals surface area contributed by atoms with Crippen molar-refractivity contribution >= 4 is 11.9 Å². The summed E-state index contributed by atoms with van der Waals surface area (Å²) in [5.74, 6) is -1.63. The molecule has 21 heavy (non-hydrogen) atoms. The minimum absolute atomic E-state index is 0.0297. The number of nitrogens with one attached hydrogen (secondary N) is 2. The lowest BCUT2D eigenvalue weighted by atomic mass is 10.0.